The van der Waals surface area contributed by atoms with Crippen LogP contribution in [0.3, 0.4) is 0 Å². The first-order chi connectivity index (χ1) is 13.0. The molecule has 2 aromatic carbocycles. The summed E-state index contributed by atoms with van der Waals surface area (Å²) in [5, 5.41) is 3.08. The molecular formula is C21H26N2O4S. The molecule has 1 aliphatic heterocycles. The summed E-state index contributed by atoms with van der Waals surface area (Å²) in [4.78, 5) is 13.1. The normalized spacial score (nSPS) is 18.0. The number of nitrogens with zero attached hydrogens (tertiary/aromatic N) is 1. The number of carbonyl (C=O) groups is 1. The summed E-state index contributed by atoms with van der Waals surface area (Å²) >= 11 is 0. The fourth-order valence-corrected chi connectivity index (χ4v) is 3.97. The Bertz CT molecular complexity index is 1010. The number of benzene rings is 2. The molecule has 0 radical (unpaired) electrons. The second-order valence-electron chi connectivity index (χ2n) is 7.88. The number of fused-ring (bicyclic) bond motifs is 1. The molecule has 0 bridgehead atoms. The number of carbonyl (C=O) groups excluding carboxylic acids is 1. The molecule has 0 fully saturated rings. The Labute approximate surface area is 166 Å². The Hall–Kier alpha value is -2.54. The third-order valence-corrected chi connectivity index (χ3v) is 6.11. The minimum Gasteiger partial charge on any atom is -0.487 e. The predicted octanol–water partition coefficient (Wildman–Crippen LogP) is 3.42. The summed E-state index contributed by atoms with van der Waals surface area (Å²) in [5.74, 6) is 0.440. The van der Waals surface area contributed by atoms with E-state index in [0.29, 0.717) is 17.7 Å². The number of amides is 1. The minimum atomic E-state index is -3.48. The zero-order chi connectivity index (χ0) is 20.7. The Kier molecular flexibility index (Phi) is 5.14. The number of aryl methyl sites for hydroxylation is 1. The maximum Gasteiger partial charge on any atom is 0.253 e. The lowest BCUT2D eigenvalue weighted by Crippen LogP contribution is -2.41. The number of hydrogen-bond acceptors (Lipinski definition) is 4. The molecule has 1 N–H and O–H groups in total. The van der Waals surface area contributed by atoms with Crippen LogP contribution in [0.5, 0.6) is 5.75 Å². The lowest BCUT2D eigenvalue weighted by molar-refractivity contribution is 0.0619. The maximum atomic E-state index is 13.1. The van der Waals surface area contributed by atoms with Crippen LogP contribution in [0.2, 0.25) is 0 Å². The van der Waals surface area contributed by atoms with Crippen molar-refractivity contribution in [3.05, 3.63) is 59.2 Å². The van der Waals surface area contributed by atoms with Crippen molar-refractivity contribution in [3.8, 4) is 5.75 Å². The highest BCUT2D eigenvalue weighted by Crippen LogP contribution is 2.40. The zero-order valence-electron chi connectivity index (χ0n) is 16.8. The topological polar surface area (TPSA) is 75.7 Å². The fraction of sp³-hybridized carbons (Fsp3) is 0.381. The van der Waals surface area contributed by atoms with Crippen molar-refractivity contribution in [1.82, 2.24) is 5.32 Å². The van der Waals surface area contributed by atoms with E-state index >= 15 is 0 Å². The lowest BCUT2D eigenvalue weighted by Gasteiger charge is -2.38. The first-order valence-corrected chi connectivity index (χ1v) is 11.0. The molecule has 1 atom stereocenters. The van der Waals surface area contributed by atoms with Gasteiger partial charge in [-0.3, -0.25) is 9.10 Å². The van der Waals surface area contributed by atoms with Crippen molar-refractivity contribution >= 4 is 21.6 Å². The van der Waals surface area contributed by atoms with Gasteiger partial charge >= 0.3 is 0 Å². The van der Waals surface area contributed by atoms with E-state index in [0.717, 1.165) is 27.4 Å². The van der Waals surface area contributed by atoms with E-state index in [4.69, 9.17) is 4.74 Å². The number of sulfonamides is 1. The van der Waals surface area contributed by atoms with Gasteiger partial charge in [0.05, 0.1) is 23.5 Å². The molecule has 0 aromatic heterocycles. The Morgan fingerprint density at radius 3 is 2.57 bits per heavy atom. The van der Waals surface area contributed by atoms with Gasteiger partial charge in [0, 0.05) is 19.0 Å². The molecule has 1 amide bonds. The van der Waals surface area contributed by atoms with Gasteiger partial charge in [-0.2, -0.15) is 0 Å². The van der Waals surface area contributed by atoms with Crippen LogP contribution in [-0.4, -0.2) is 33.2 Å². The summed E-state index contributed by atoms with van der Waals surface area (Å²) in [7, 11) is -2.04. The zero-order valence-corrected chi connectivity index (χ0v) is 17.6. The summed E-state index contributed by atoms with van der Waals surface area (Å²) in [6, 6.07) is 12.4. The molecule has 1 heterocycles. The molecule has 3 rings (SSSR count). The Morgan fingerprint density at radius 2 is 1.89 bits per heavy atom. The summed E-state index contributed by atoms with van der Waals surface area (Å²) in [6.07, 6.45) is 1.72. The monoisotopic (exact) mass is 402 g/mol. The maximum absolute atomic E-state index is 13.1. The van der Waals surface area contributed by atoms with Gasteiger partial charge in [0.25, 0.3) is 5.91 Å². The second kappa shape index (κ2) is 7.13. The highest BCUT2D eigenvalue weighted by Gasteiger charge is 2.35. The average molecular weight is 403 g/mol. The standard InChI is InChI=1S/C21H26N2O4S/c1-14-10-11-19-16(12-14)17(13-21(2,3)27-19)22-20(24)15-8-6-7-9-18(15)23(4)28(5,25)26/h6-12,17H,13H2,1-5H3,(H,22,24)/t17-/m0/s1. The van der Waals surface area contributed by atoms with E-state index in [1.807, 2.05) is 39.0 Å². The Balaban J connectivity index is 1.96. The smallest absolute Gasteiger partial charge is 0.253 e. The number of para-hydroxylation sites is 1. The van der Waals surface area contributed by atoms with Crippen molar-refractivity contribution in [1.29, 1.82) is 0 Å². The van der Waals surface area contributed by atoms with Crippen LogP contribution >= 0.6 is 0 Å². The number of nitrogens with one attached hydrogen (secondary N) is 1. The van der Waals surface area contributed by atoms with Gasteiger partial charge in [-0.15, -0.1) is 0 Å². The molecule has 0 saturated heterocycles. The highest BCUT2D eigenvalue weighted by atomic mass is 32.2. The van der Waals surface area contributed by atoms with Crippen LogP contribution in [0.4, 0.5) is 5.69 Å². The number of rotatable bonds is 4. The third kappa shape index (κ3) is 4.14. The molecule has 6 nitrogen and oxygen atoms in total. The molecule has 0 spiro atoms. The second-order valence-corrected chi connectivity index (χ2v) is 9.89. The van der Waals surface area contributed by atoms with Gasteiger partial charge < -0.3 is 10.1 Å². The van der Waals surface area contributed by atoms with Gasteiger partial charge in [0.1, 0.15) is 11.4 Å². The number of hydrogen-bond donors (Lipinski definition) is 1. The lowest BCUT2D eigenvalue weighted by atomic mass is 9.88. The highest BCUT2D eigenvalue weighted by molar-refractivity contribution is 7.92. The molecule has 28 heavy (non-hydrogen) atoms. The molecular weight excluding hydrogens is 376 g/mol. The van der Waals surface area contributed by atoms with Crippen LogP contribution in [-0.2, 0) is 10.0 Å². The van der Waals surface area contributed by atoms with Crippen LogP contribution < -0.4 is 14.4 Å². The van der Waals surface area contributed by atoms with E-state index in [1.54, 1.807) is 24.3 Å². The van der Waals surface area contributed by atoms with Gasteiger partial charge in [-0.1, -0.05) is 29.8 Å². The fourth-order valence-electron chi connectivity index (χ4n) is 3.46. The van der Waals surface area contributed by atoms with E-state index < -0.39 is 15.6 Å². The quantitative estimate of drug-likeness (QED) is 0.850. The minimum absolute atomic E-state index is 0.234. The van der Waals surface area contributed by atoms with E-state index in [2.05, 4.69) is 5.32 Å². The molecule has 0 aliphatic carbocycles. The number of anilines is 1. The molecule has 150 valence electrons. The summed E-state index contributed by atoms with van der Waals surface area (Å²) in [6.45, 7) is 5.97. The van der Waals surface area contributed by atoms with Crippen LogP contribution in [0.1, 0.15) is 47.8 Å². The SMILES string of the molecule is Cc1ccc2c(c1)[C@@H](NC(=O)c1ccccc1N(C)S(C)(=O)=O)CC(C)(C)O2. The van der Waals surface area contributed by atoms with Gasteiger partial charge in [0.15, 0.2) is 0 Å². The van der Waals surface area contributed by atoms with Crippen LogP contribution in [0.25, 0.3) is 0 Å². The Morgan fingerprint density at radius 1 is 1.21 bits per heavy atom. The molecule has 0 saturated carbocycles. The van der Waals surface area contributed by atoms with E-state index in [-0.39, 0.29) is 11.9 Å². The van der Waals surface area contributed by atoms with Crippen molar-refractivity contribution < 1.29 is 17.9 Å². The third-order valence-electron chi connectivity index (χ3n) is 4.91. The molecule has 1 aliphatic rings. The summed E-state index contributed by atoms with van der Waals surface area (Å²) < 4.78 is 31.1. The van der Waals surface area contributed by atoms with Crippen LogP contribution in [0.15, 0.2) is 42.5 Å². The van der Waals surface area contributed by atoms with Crippen molar-refractivity contribution in [2.24, 2.45) is 0 Å². The van der Waals surface area contributed by atoms with Gasteiger partial charge in [-0.05, 0) is 39.0 Å². The van der Waals surface area contributed by atoms with Crippen LogP contribution in [0, 0.1) is 6.92 Å². The van der Waals surface area contributed by atoms with Crippen molar-refractivity contribution in [3.63, 3.8) is 0 Å². The van der Waals surface area contributed by atoms with E-state index in [9.17, 15) is 13.2 Å². The van der Waals surface area contributed by atoms with Crippen molar-refractivity contribution in [2.45, 2.75) is 38.8 Å². The van der Waals surface area contributed by atoms with E-state index in [1.165, 1.54) is 7.05 Å². The van der Waals surface area contributed by atoms with Gasteiger partial charge in [0.2, 0.25) is 10.0 Å². The van der Waals surface area contributed by atoms with Gasteiger partial charge in [-0.25, -0.2) is 8.42 Å². The first-order valence-electron chi connectivity index (χ1n) is 9.11. The largest absolute Gasteiger partial charge is 0.487 e. The molecule has 2 aromatic rings. The molecule has 0 unspecified atom stereocenters. The van der Waals surface area contributed by atoms with Crippen molar-refractivity contribution in [2.75, 3.05) is 17.6 Å². The average Bonchev–Trinajstić information content (AvgIpc) is 2.60. The first kappa shape index (κ1) is 20.2. The predicted molar refractivity (Wildman–Crippen MR) is 110 cm³/mol. The number of ether oxygens (including phenoxy) is 1. The molecule has 7 heteroatoms. The summed E-state index contributed by atoms with van der Waals surface area (Å²) in [5.41, 5.74) is 2.25.